The van der Waals surface area contributed by atoms with Crippen LogP contribution in [-0.4, -0.2) is 42.4 Å². The van der Waals surface area contributed by atoms with Gasteiger partial charge in [0.1, 0.15) is 16.5 Å². The number of nitrogens with one attached hydrogen (secondary N) is 1. The summed E-state index contributed by atoms with van der Waals surface area (Å²) in [5.41, 5.74) is 2.06. The number of rotatable bonds is 7. The van der Waals surface area contributed by atoms with Gasteiger partial charge in [-0.15, -0.1) is 11.3 Å². The van der Waals surface area contributed by atoms with Crippen LogP contribution in [0.15, 0.2) is 23.6 Å². The molecular formula is C18H21N3O3S. The monoisotopic (exact) mass is 359 g/mol. The molecule has 0 saturated heterocycles. The second-order valence-electron chi connectivity index (χ2n) is 5.52. The molecule has 132 valence electrons. The number of fused-ring (bicyclic) bond motifs is 1. The number of hydrogen-bond donors (Lipinski definition) is 2. The molecule has 0 bridgehead atoms. The van der Waals surface area contributed by atoms with Gasteiger partial charge in [0.2, 0.25) is 0 Å². The Morgan fingerprint density at radius 2 is 1.96 bits per heavy atom. The molecule has 25 heavy (non-hydrogen) atoms. The van der Waals surface area contributed by atoms with E-state index in [1.54, 1.807) is 25.6 Å². The third kappa shape index (κ3) is 3.52. The Hall–Kier alpha value is -2.38. The number of anilines is 1. The fraction of sp³-hybridized carbons (Fsp3) is 0.333. The lowest BCUT2D eigenvalue weighted by molar-refractivity contribution is 0.292. The number of ether oxygens (including phenoxy) is 2. The van der Waals surface area contributed by atoms with Gasteiger partial charge in [0.15, 0.2) is 11.5 Å². The highest BCUT2D eigenvalue weighted by Gasteiger charge is 2.16. The largest absolute Gasteiger partial charge is 0.493 e. The Balaban J connectivity index is 2.10. The van der Waals surface area contributed by atoms with Crippen LogP contribution in [-0.2, 0) is 0 Å². The lowest BCUT2D eigenvalue weighted by atomic mass is 10.1. The zero-order valence-corrected chi connectivity index (χ0v) is 15.3. The van der Waals surface area contributed by atoms with Crippen molar-refractivity contribution in [1.29, 1.82) is 0 Å². The summed E-state index contributed by atoms with van der Waals surface area (Å²) in [6, 6.07) is 5.85. The first-order valence-electron chi connectivity index (χ1n) is 8.01. The molecule has 1 aromatic carbocycles. The molecule has 0 aliphatic heterocycles. The van der Waals surface area contributed by atoms with E-state index in [0.29, 0.717) is 24.5 Å². The van der Waals surface area contributed by atoms with Crippen molar-refractivity contribution in [3.63, 3.8) is 0 Å². The van der Waals surface area contributed by atoms with E-state index in [1.165, 1.54) is 0 Å². The summed E-state index contributed by atoms with van der Waals surface area (Å²) in [5, 5.41) is 15.4. The minimum Gasteiger partial charge on any atom is -0.493 e. The van der Waals surface area contributed by atoms with Gasteiger partial charge in [0.25, 0.3) is 0 Å². The number of aryl methyl sites for hydroxylation is 1. The van der Waals surface area contributed by atoms with Gasteiger partial charge in [-0.05, 0) is 31.0 Å². The van der Waals surface area contributed by atoms with Crippen molar-refractivity contribution in [3.8, 4) is 22.6 Å². The normalized spacial score (nSPS) is 10.9. The highest BCUT2D eigenvalue weighted by molar-refractivity contribution is 7.17. The molecule has 2 aromatic heterocycles. The standard InChI is InChI=1S/C18H21N3O3S/c1-11-20-17(19-7-4-8-22)16-13(10-25-18(16)21-11)12-5-6-14(23-2)15(9-12)24-3/h5-6,9-10,22H,4,7-8H2,1-3H3,(H,19,20,21). The zero-order valence-electron chi connectivity index (χ0n) is 14.5. The minimum atomic E-state index is 0.145. The molecule has 3 aromatic rings. The van der Waals surface area contributed by atoms with Crippen LogP contribution in [0.3, 0.4) is 0 Å². The first kappa shape index (κ1) is 17.4. The van der Waals surface area contributed by atoms with E-state index in [0.717, 1.165) is 33.0 Å². The van der Waals surface area contributed by atoms with Crippen LogP contribution in [0.25, 0.3) is 21.3 Å². The Morgan fingerprint density at radius 3 is 2.68 bits per heavy atom. The molecule has 2 N–H and O–H groups in total. The maximum atomic E-state index is 9.02. The molecule has 0 aliphatic carbocycles. The Kier molecular flexibility index (Phi) is 5.35. The lowest BCUT2D eigenvalue weighted by Crippen LogP contribution is -2.06. The number of nitrogens with zero attached hydrogens (tertiary/aromatic N) is 2. The van der Waals surface area contributed by atoms with E-state index < -0.39 is 0 Å². The van der Waals surface area contributed by atoms with Gasteiger partial charge >= 0.3 is 0 Å². The SMILES string of the molecule is COc1ccc(-c2csc3nc(C)nc(NCCCO)c23)cc1OC. The van der Waals surface area contributed by atoms with Crippen LogP contribution in [0.4, 0.5) is 5.82 Å². The highest BCUT2D eigenvalue weighted by atomic mass is 32.1. The first-order chi connectivity index (χ1) is 12.2. The molecule has 2 heterocycles. The Labute approximate surface area is 150 Å². The third-order valence-corrected chi connectivity index (χ3v) is 4.74. The summed E-state index contributed by atoms with van der Waals surface area (Å²) in [7, 11) is 3.25. The van der Waals surface area contributed by atoms with Crippen molar-refractivity contribution < 1.29 is 14.6 Å². The molecule has 0 aliphatic rings. The molecule has 6 nitrogen and oxygen atoms in total. The van der Waals surface area contributed by atoms with E-state index in [2.05, 4.69) is 20.7 Å². The Morgan fingerprint density at radius 1 is 1.16 bits per heavy atom. The number of benzene rings is 1. The fourth-order valence-corrected chi connectivity index (χ4v) is 3.67. The summed E-state index contributed by atoms with van der Waals surface area (Å²) in [5.74, 6) is 2.89. The maximum absolute atomic E-state index is 9.02. The molecule has 0 atom stereocenters. The molecule has 0 spiro atoms. The summed E-state index contributed by atoms with van der Waals surface area (Å²) in [6.07, 6.45) is 0.667. The Bertz CT molecular complexity index is 879. The maximum Gasteiger partial charge on any atom is 0.161 e. The van der Waals surface area contributed by atoms with Crippen molar-refractivity contribution in [2.75, 3.05) is 32.7 Å². The molecule has 0 fully saturated rings. The number of aromatic nitrogens is 2. The van der Waals surface area contributed by atoms with E-state index >= 15 is 0 Å². The van der Waals surface area contributed by atoms with E-state index in [4.69, 9.17) is 14.6 Å². The van der Waals surface area contributed by atoms with Crippen LogP contribution in [0.1, 0.15) is 12.2 Å². The summed E-state index contributed by atoms with van der Waals surface area (Å²) < 4.78 is 10.7. The fourth-order valence-electron chi connectivity index (χ4n) is 2.68. The lowest BCUT2D eigenvalue weighted by Gasteiger charge is -2.11. The molecule has 3 rings (SSSR count). The molecular weight excluding hydrogens is 338 g/mol. The van der Waals surface area contributed by atoms with Gasteiger partial charge in [-0.1, -0.05) is 6.07 Å². The van der Waals surface area contributed by atoms with E-state index in [-0.39, 0.29) is 6.61 Å². The quantitative estimate of drug-likeness (QED) is 0.629. The van der Waals surface area contributed by atoms with Crippen molar-refractivity contribution in [2.45, 2.75) is 13.3 Å². The van der Waals surface area contributed by atoms with Gasteiger partial charge in [-0.2, -0.15) is 0 Å². The highest BCUT2D eigenvalue weighted by Crippen LogP contribution is 2.40. The summed E-state index contributed by atoms with van der Waals surface area (Å²) >= 11 is 1.59. The first-order valence-corrected chi connectivity index (χ1v) is 8.89. The van der Waals surface area contributed by atoms with Crippen LogP contribution in [0, 0.1) is 6.92 Å². The molecule has 0 saturated carbocycles. The van der Waals surface area contributed by atoms with Crippen molar-refractivity contribution in [2.24, 2.45) is 0 Å². The number of hydrogen-bond acceptors (Lipinski definition) is 7. The molecule has 0 amide bonds. The second kappa shape index (κ2) is 7.67. The zero-order chi connectivity index (χ0) is 17.8. The predicted octanol–water partition coefficient (Wildman–Crippen LogP) is 3.48. The van der Waals surface area contributed by atoms with Crippen molar-refractivity contribution >= 4 is 27.4 Å². The number of methoxy groups -OCH3 is 2. The summed E-state index contributed by atoms with van der Waals surface area (Å²) in [4.78, 5) is 10.0. The molecule has 0 radical (unpaired) electrons. The van der Waals surface area contributed by atoms with Crippen molar-refractivity contribution in [1.82, 2.24) is 9.97 Å². The minimum absolute atomic E-state index is 0.145. The van der Waals surface area contributed by atoms with Gasteiger partial charge in [0, 0.05) is 24.1 Å². The predicted molar refractivity (Wildman–Crippen MR) is 101 cm³/mol. The molecule has 0 unspecified atom stereocenters. The van der Waals surface area contributed by atoms with Crippen LogP contribution < -0.4 is 14.8 Å². The third-order valence-electron chi connectivity index (χ3n) is 3.87. The smallest absolute Gasteiger partial charge is 0.161 e. The van der Waals surface area contributed by atoms with Crippen LogP contribution >= 0.6 is 11.3 Å². The number of aliphatic hydroxyl groups is 1. The van der Waals surface area contributed by atoms with E-state index in [9.17, 15) is 0 Å². The van der Waals surface area contributed by atoms with E-state index in [1.807, 2.05) is 25.1 Å². The average Bonchev–Trinajstić information content (AvgIpc) is 3.05. The van der Waals surface area contributed by atoms with Gasteiger partial charge in [0.05, 0.1) is 19.6 Å². The van der Waals surface area contributed by atoms with Crippen LogP contribution in [0.2, 0.25) is 0 Å². The van der Waals surface area contributed by atoms with Crippen molar-refractivity contribution in [3.05, 3.63) is 29.4 Å². The summed E-state index contributed by atoms with van der Waals surface area (Å²) in [6.45, 7) is 2.68. The number of thiophene rings is 1. The topological polar surface area (TPSA) is 76.5 Å². The number of aliphatic hydroxyl groups excluding tert-OH is 1. The van der Waals surface area contributed by atoms with Gasteiger partial charge in [-0.25, -0.2) is 9.97 Å². The molecule has 7 heteroatoms. The van der Waals surface area contributed by atoms with Gasteiger partial charge < -0.3 is 19.9 Å². The second-order valence-corrected chi connectivity index (χ2v) is 6.38. The van der Waals surface area contributed by atoms with Gasteiger partial charge in [-0.3, -0.25) is 0 Å². The van der Waals surface area contributed by atoms with Crippen LogP contribution in [0.5, 0.6) is 11.5 Å². The average molecular weight is 359 g/mol.